The lowest BCUT2D eigenvalue weighted by Gasteiger charge is -2.04. The number of hydrogen-bond acceptors (Lipinski definition) is 2. The molecule has 0 aliphatic rings. The molecule has 0 saturated heterocycles. The summed E-state index contributed by atoms with van der Waals surface area (Å²) >= 11 is 0. The van der Waals surface area contributed by atoms with Gasteiger partial charge in [-0.1, -0.05) is 18.2 Å². The maximum absolute atomic E-state index is 12.3. The zero-order valence-corrected chi connectivity index (χ0v) is 11.0. The summed E-state index contributed by atoms with van der Waals surface area (Å²) in [6.07, 6.45) is 3.62. The SMILES string of the molecule is Cc1cncc(Cn2c(=O)n(C)c3ccccc32)c1. The number of pyridine rings is 1. The fraction of sp³-hybridized carbons (Fsp3) is 0.200. The van der Waals surface area contributed by atoms with Gasteiger partial charge in [-0.15, -0.1) is 0 Å². The number of nitrogens with zero attached hydrogens (tertiary/aromatic N) is 3. The van der Waals surface area contributed by atoms with Gasteiger partial charge in [0, 0.05) is 19.4 Å². The molecule has 19 heavy (non-hydrogen) atoms. The van der Waals surface area contributed by atoms with Crippen molar-refractivity contribution in [3.63, 3.8) is 0 Å². The van der Waals surface area contributed by atoms with Crippen LogP contribution in [0.3, 0.4) is 0 Å². The van der Waals surface area contributed by atoms with Gasteiger partial charge in [-0.05, 0) is 30.2 Å². The first-order valence-corrected chi connectivity index (χ1v) is 6.21. The quantitative estimate of drug-likeness (QED) is 0.701. The lowest BCUT2D eigenvalue weighted by atomic mass is 10.2. The van der Waals surface area contributed by atoms with Crippen molar-refractivity contribution >= 4 is 11.0 Å². The monoisotopic (exact) mass is 253 g/mol. The zero-order chi connectivity index (χ0) is 13.4. The van der Waals surface area contributed by atoms with E-state index in [-0.39, 0.29) is 5.69 Å². The summed E-state index contributed by atoms with van der Waals surface area (Å²) < 4.78 is 3.46. The Bertz CT molecular complexity index is 799. The normalized spacial score (nSPS) is 11.1. The number of hydrogen-bond donors (Lipinski definition) is 0. The molecule has 96 valence electrons. The van der Waals surface area contributed by atoms with Gasteiger partial charge in [0.25, 0.3) is 0 Å². The molecule has 3 aromatic rings. The summed E-state index contributed by atoms with van der Waals surface area (Å²) in [6, 6.07) is 9.88. The molecule has 0 bridgehead atoms. The van der Waals surface area contributed by atoms with Crippen LogP contribution >= 0.6 is 0 Å². The van der Waals surface area contributed by atoms with E-state index in [0.717, 1.165) is 22.2 Å². The van der Waals surface area contributed by atoms with E-state index in [4.69, 9.17) is 0 Å². The molecule has 0 spiro atoms. The molecule has 2 heterocycles. The number of fused-ring (bicyclic) bond motifs is 1. The third kappa shape index (κ3) is 1.95. The molecule has 4 nitrogen and oxygen atoms in total. The van der Waals surface area contributed by atoms with Crippen molar-refractivity contribution in [2.75, 3.05) is 0 Å². The van der Waals surface area contributed by atoms with E-state index < -0.39 is 0 Å². The van der Waals surface area contributed by atoms with E-state index in [9.17, 15) is 4.79 Å². The van der Waals surface area contributed by atoms with Crippen LogP contribution in [0.15, 0.2) is 47.5 Å². The molecule has 0 N–H and O–H groups in total. The molecule has 0 radical (unpaired) electrons. The van der Waals surface area contributed by atoms with Crippen molar-refractivity contribution in [1.82, 2.24) is 14.1 Å². The number of aryl methyl sites for hydroxylation is 2. The molecule has 0 saturated carbocycles. The number of imidazole rings is 1. The Balaban J connectivity index is 2.16. The maximum Gasteiger partial charge on any atom is 0.329 e. The summed E-state index contributed by atoms with van der Waals surface area (Å²) in [5.74, 6) is 0. The van der Waals surface area contributed by atoms with Gasteiger partial charge in [0.15, 0.2) is 0 Å². The number of rotatable bonds is 2. The largest absolute Gasteiger partial charge is 0.329 e. The molecule has 4 heteroatoms. The standard InChI is InChI=1S/C15H15N3O/c1-11-7-12(9-16-8-11)10-18-14-6-4-3-5-13(14)17(2)15(18)19/h3-9H,10H2,1-2H3. The molecular formula is C15H15N3O. The van der Waals surface area contributed by atoms with Crippen molar-refractivity contribution < 1.29 is 0 Å². The highest BCUT2D eigenvalue weighted by Gasteiger charge is 2.10. The molecule has 3 rings (SSSR count). The number of benzene rings is 1. The van der Waals surface area contributed by atoms with E-state index in [2.05, 4.69) is 11.1 Å². The van der Waals surface area contributed by atoms with Gasteiger partial charge >= 0.3 is 5.69 Å². The van der Waals surface area contributed by atoms with Crippen LogP contribution < -0.4 is 5.69 Å². The Morgan fingerprint density at radius 2 is 1.89 bits per heavy atom. The smallest absolute Gasteiger partial charge is 0.295 e. The highest BCUT2D eigenvalue weighted by Crippen LogP contribution is 2.13. The molecule has 0 fully saturated rings. The maximum atomic E-state index is 12.3. The van der Waals surface area contributed by atoms with Crippen molar-refractivity contribution in [2.45, 2.75) is 13.5 Å². The highest BCUT2D eigenvalue weighted by molar-refractivity contribution is 5.75. The van der Waals surface area contributed by atoms with Gasteiger partial charge in [-0.25, -0.2) is 4.79 Å². The summed E-state index contributed by atoms with van der Waals surface area (Å²) in [5.41, 5.74) is 4.05. The Labute approximate surface area is 110 Å². The topological polar surface area (TPSA) is 39.8 Å². The Hall–Kier alpha value is -2.36. The predicted molar refractivity (Wildman–Crippen MR) is 75.3 cm³/mol. The third-order valence-corrected chi connectivity index (χ3v) is 3.32. The average molecular weight is 253 g/mol. The Kier molecular flexibility index (Phi) is 2.71. The zero-order valence-electron chi connectivity index (χ0n) is 11.0. The molecule has 0 amide bonds. The molecular weight excluding hydrogens is 238 g/mol. The predicted octanol–water partition coefficient (Wildman–Crippen LogP) is 2.09. The van der Waals surface area contributed by atoms with Crippen LogP contribution in [0.25, 0.3) is 11.0 Å². The lowest BCUT2D eigenvalue weighted by molar-refractivity contribution is 0.733. The number of aromatic nitrogens is 3. The van der Waals surface area contributed by atoms with Gasteiger partial charge in [0.05, 0.1) is 17.6 Å². The van der Waals surface area contributed by atoms with Crippen LogP contribution in [0.5, 0.6) is 0 Å². The molecule has 2 aromatic heterocycles. The number of para-hydroxylation sites is 2. The van der Waals surface area contributed by atoms with Crippen LogP contribution in [0.2, 0.25) is 0 Å². The molecule has 0 aliphatic carbocycles. The van der Waals surface area contributed by atoms with E-state index in [1.54, 1.807) is 22.4 Å². The first-order valence-electron chi connectivity index (χ1n) is 6.21. The first-order chi connectivity index (χ1) is 9.16. The van der Waals surface area contributed by atoms with Gasteiger partial charge in [-0.3, -0.25) is 14.1 Å². The fourth-order valence-electron chi connectivity index (χ4n) is 2.40. The Morgan fingerprint density at radius 3 is 2.63 bits per heavy atom. The minimum Gasteiger partial charge on any atom is -0.295 e. The van der Waals surface area contributed by atoms with E-state index in [1.165, 1.54) is 0 Å². The van der Waals surface area contributed by atoms with E-state index in [0.29, 0.717) is 6.54 Å². The van der Waals surface area contributed by atoms with Crippen molar-refractivity contribution in [3.05, 3.63) is 64.3 Å². The van der Waals surface area contributed by atoms with Gasteiger partial charge in [0.1, 0.15) is 0 Å². The second kappa shape index (κ2) is 4.39. The Morgan fingerprint density at radius 1 is 1.16 bits per heavy atom. The molecule has 0 aliphatic heterocycles. The van der Waals surface area contributed by atoms with Gasteiger partial charge < -0.3 is 0 Å². The minimum atomic E-state index is 0.00251. The first kappa shape index (κ1) is 11.7. The third-order valence-electron chi connectivity index (χ3n) is 3.32. The van der Waals surface area contributed by atoms with Crippen LogP contribution in [0.4, 0.5) is 0 Å². The van der Waals surface area contributed by atoms with Gasteiger partial charge in [0.2, 0.25) is 0 Å². The molecule has 0 unspecified atom stereocenters. The minimum absolute atomic E-state index is 0.00251. The summed E-state index contributed by atoms with van der Waals surface area (Å²) in [5, 5.41) is 0. The van der Waals surface area contributed by atoms with E-state index in [1.807, 2.05) is 37.4 Å². The van der Waals surface area contributed by atoms with Crippen LogP contribution in [-0.4, -0.2) is 14.1 Å². The average Bonchev–Trinajstić information content (AvgIpc) is 2.65. The van der Waals surface area contributed by atoms with Crippen molar-refractivity contribution in [2.24, 2.45) is 7.05 Å². The van der Waals surface area contributed by atoms with Crippen LogP contribution in [0.1, 0.15) is 11.1 Å². The highest BCUT2D eigenvalue weighted by atomic mass is 16.1. The second-order valence-electron chi connectivity index (χ2n) is 4.79. The van der Waals surface area contributed by atoms with Crippen LogP contribution in [0, 0.1) is 6.92 Å². The molecule has 0 atom stereocenters. The van der Waals surface area contributed by atoms with Gasteiger partial charge in [-0.2, -0.15) is 0 Å². The fourth-order valence-corrected chi connectivity index (χ4v) is 2.40. The summed E-state index contributed by atoms with van der Waals surface area (Å²) in [4.78, 5) is 16.5. The molecule has 1 aromatic carbocycles. The van der Waals surface area contributed by atoms with Crippen LogP contribution in [-0.2, 0) is 13.6 Å². The van der Waals surface area contributed by atoms with Crippen molar-refractivity contribution in [1.29, 1.82) is 0 Å². The lowest BCUT2D eigenvalue weighted by Crippen LogP contribution is -2.22. The summed E-state index contributed by atoms with van der Waals surface area (Å²) in [6.45, 7) is 2.55. The van der Waals surface area contributed by atoms with Crippen molar-refractivity contribution in [3.8, 4) is 0 Å². The second-order valence-corrected chi connectivity index (χ2v) is 4.79. The summed E-state index contributed by atoms with van der Waals surface area (Å²) in [7, 11) is 1.80. The van der Waals surface area contributed by atoms with E-state index >= 15 is 0 Å².